The summed E-state index contributed by atoms with van der Waals surface area (Å²) in [5, 5.41) is 3.03. The molecule has 16 heavy (non-hydrogen) atoms. The van der Waals surface area contributed by atoms with E-state index in [1.807, 2.05) is 14.1 Å². The van der Waals surface area contributed by atoms with E-state index in [1.165, 1.54) is 0 Å². The average molecular weight is 229 g/mol. The number of hydrogen-bond donors (Lipinski definition) is 2. The summed E-state index contributed by atoms with van der Waals surface area (Å²) in [6.45, 7) is 6.52. The SMILES string of the molecule is CNCCN(C)C(=O)C[C@@H](CN)CC(C)C. The van der Waals surface area contributed by atoms with Crippen molar-refractivity contribution in [1.29, 1.82) is 0 Å². The van der Waals surface area contributed by atoms with Crippen LogP contribution in [0, 0.1) is 11.8 Å². The summed E-state index contributed by atoms with van der Waals surface area (Å²) in [5.41, 5.74) is 5.69. The Hall–Kier alpha value is -0.610. The Labute approximate surface area is 99.6 Å². The van der Waals surface area contributed by atoms with E-state index in [2.05, 4.69) is 19.2 Å². The van der Waals surface area contributed by atoms with Gasteiger partial charge in [0.25, 0.3) is 0 Å². The number of rotatable bonds is 8. The summed E-state index contributed by atoms with van der Waals surface area (Å²) >= 11 is 0. The first-order valence-electron chi connectivity index (χ1n) is 6.09. The first-order chi connectivity index (χ1) is 7.51. The van der Waals surface area contributed by atoms with E-state index in [1.54, 1.807) is 4.90 Å². The highest BCUT2D eigenvalue weighted by molar-refractivity contribution is 5.76. The lowest BCUT2D eigenvalue weighted by atomic mass is 9.94. The van der Waals surface area contributed by atoms with Gasteiger partial charge in [0.15, 0.2) is 0 Å². The van der Waals surface area contributed by atoms with Gasteiger partial charge in [0, 0.05) is 26.6 Å². The smallest absolute Gasteiger partial charge is 0.222 e. The minimum atomic E-state index is 0.200. The maximum Gasteiger partial charge on any atom is 0.222 e. The Morgan fingerprint density at radius 1 is 1.44 bits per heavy atom. The summed E-state index contributed by atoms with van der Waals surface area (Å²) in [6, 6.07) is 0. The Morgan fingerprint density at radius 3 is 2.50 bits per heavy atom. The molecular weight excluding hydrogens is 202 g/mol. The predicted molar refractivity (Wildman–Crippen MR) is 68.2 cm³/mol. The molecule has 0 saturated carbocycles. The van der Waals surface area contributed by atoms with E-state index in [9.17, 15) is 4.79 Å². The van der Waals surface area contributed by atoms with Crippen LogP contribution in [0.3, 0.4) is 0 Å². The van der Waals surface area contributed by atoms with Gasteiger partial charge >= 0.3 is 0 Å². The van der Waals surface area contributed by atoms with Crippen LogP contribution in [0.4, 0.5) is 0 Å². The standard InChI is InChI=1S/C12H27N3O/c1-10(2)7-11(9-13)8-12(16)15(4)6-5-14-3/h10-11,14H,5-9,13H2,1-4H3/t11-/m0/s1. The molecule has 0 radical (unpaired) electrons. The van der Waals surface area contributed by atoms with Gasteiger partial charge in [-0.05, 0) is 31.8 Å². The Kier molecular flexibility index (Phi) is 8.21. The number of nitrogens with zero attached hydrogens (tertiary/aromatic N) is 1. The first-order valence-corrected chi connectivity index (χ1v) is 6.09. The van der Waals surface area contributed by atoms with Crippen LogP contribution in [-0.4, -0.2) is 44.5 Å². The van der Waals surface area contributed by atoms with E-state index in [0.717, 1.165) is 19.5 Å². The highest BCUT2D eigenvalue weighted by Crippen LogP contribution is 2.15. The van der Waals surface area contributed by atoms with E-state index < -0.39 is 0 Å². The van der Waals surface area contributed by atoms with Crippen LogP contribution in [0.2, 0.25) is 0 Å². The number of amides is 1. The number of nitrogens with one attached hydrogen (secondary N) is 1. The van der Waals surface area contributed by atoms with Crippen molar-refractivity contribution < 1.29 is 4.79 Å². The summed E-state index contributed by atoms with van der Waals surface area (Å²) in [7, 11) is 3.74. The van der Waals surface area contributed by atoms with Gasteiger partial charge in [0.1, 0.15) is 0 Å². The van der Waals surface area contributed by atoms with Crippen LogP contribution in [0.25, 0.3) is 0 Å². The van der Waals surface area contributed by atoms with E-state index in [-0.39, 0.29) is 5.91 Å². The molecule has 1 amide bonds. The van der Waals surface area contributed by atoms with E-state index in [4.69, 9.17) is 5.73 Å². The lowest BCUT2D eigenvalue weighted by Gasteiger charge is -2.21. The molecule has 0 fully saturated rings. The van der Waals surface area contributed by atoms with Gasteiger partial charge < -0.3 is 16.0 Å². The molecule has 0 saturated heterocycles. The van der Waals surface area contributed by atoms with Crippen molar-refractivity contribution in [2.75, 3.05) is 33.7 Å². The lowest BCUT2D eigenvalue weighted by molar-refractivity contribution is -0.130. The number of nitrogens with two attached hydrogens (primary N) is 1. The highest BCUT2D eigenvalue weighted by atomic mass is 16.2. The molecule has 0 rings (SSSR count). The second-order valence-corrected chi connectivity index (χ2v) is 4.85. The Balaban J connectivity index is 3.98. The van der Waals surface area contributed by atoms with Crippen LogP contribution in [0.15, 0.2) is 0 Å². The molecule has 0 unspecified atom stereocenters. The van der Waals surface area contributed by atoms with Crippen molar-refractivity contribution in [2.45, 2.75) is 26.7 Å². The zero-order chi connectivity index (χ0) is 12.6. The normalized spacial score (nSPS) is 12.9. The third kappa shape index (κ3) is 6.80. The van der Waals surface area contributed by atoms with E-state index in [0.29, 0.717) is 24.8 Å². The predicted octanol–water partition coefficient (Wildman–Crippen LogP) is 0.675. The fourth-order valence-electron chi connectivity index (χ4n) is 1.74. The highest BCUT2D eigenvalue weighted by Gasteiger charge is 2.16. The third-order valence-electron chi connectivity index (χ3n) is 2.72. The molecule has 0 aromatic heterocycles. The molecule has 0 aromatic rings. The van der Waals surface area contributed by atoms with Crippen molar-refractivity contribution in [3.63, 3.8) is 0 Å². The number of hydrogen-bond acceptors (Lipinski definition) is 3. The summed E-state index contributed by atoms with van der Waals surface area (Å²) < 4.78 is 0. The quantitative estimate of drug-likeness (QED) is 0.643. The maximum atomic E-state index is 11.8. The van der Waals surface area contributed by atoms with E-state index >= 15 is 0 Å². The topological polar surface area (TPSA) is 58.4 Å². The monoisotopic (exact) mass is 229 g/mol. The molecule has 0 aliphatic rings. The van der Waals surface area contributed by atoms with Crippen molar-refractivity contribution in [2.24, 2.45) is 17.6 Å². The van der Waals surface area contributed by atoms with Crippen LogP contribution < -0.4 is 11.1 Å². The fourth-order valence-corrected chi connectivity index (χ4v) is 1.74. The van der Waals surface area contributed by atoms with Crippen LogP contribution >= 0.6 is 0 Å². The molecule has 0 heterocycles. The molecule has 4 nitrogen and oxygen atoms in total. The van der Waals surface area contributed by atoms with Gasteiger partial charge in [-0.15, -0.1) is 0 Å². The minimum absolute atomic E-state index is 0.200. The van der Waals surface area contributed by atoms with Crippen LogP contribution in [0.5, 0.6) is 0 Å². The molecule has 0 aromatic carbocycles. The zero-order valence-corrected chi connectivity index (χ0v) is 11.1. The lowest BCUT2D eigenvalue weighted by Crippen LogP contribution is -2.35. The fraction of sp³-hybridized carbons (Fsp3) is 0.917. The molecule has 0 bridgehead atoms. The molecule has 4 heteroatoms. The molecule has 0 spiro atoms. The van der Waals surface area contributed by atoms with Crippen LogP contribution in [0.1, 0.15) is 26.7 Å². The Bertz CT molecular complexity index is 195. The third-order valence-corrected chi connectivity index (χ3v) is 2.72. The van der Waals surface area contributed by atoms with Crippen molar-refractivity contribution in [1.82, 2.24) is 10.2 Å². The largest absolute Gasteiger partial charge is 0.344 e. The van der Waals surface area contributed by atoms with Crippen molar-refractivity contribution >= 4 is 5.91 Å². The Morgan fingerprint density at radius 2 is 2.06 bits per heavy atom. The number of likely N-dealkylation sites (N-methyl/N-ethyl adjacent to an activating group) is 2. The van der Waals surface area contributed by atoms with Gasteiger partial charge in [0.05, 0.1) is 0 Å². The van der Waals surface area contributed by atoms with Gasteiger partial charge in [-0.25, -0.2) is 0 Å². The van der Waals surface area contributed by atoms with Gasteiger partial charge in [0.2, 0.25) is 5.91 Å². The van der Waals surface area contributed by atoms with Crippen LogP contribution in [-0.2, 0) is 4.79 Å². The number of carbonyl (C=O) groups excluding carboxylic acids is 1. The van der Waals surface area contributed by atoms with Crippen molar-refractivity contribution in [3.8, 4) is 0 Å². The first kappa shape index (κ1) is 15.4. The second kappa shape index (κ2) is 8.53. The average Bonchev–Trinajstić information content (AvgIpc) is 2.23. The molecule has 3 N–H and O–H groups in total. The second-order valence-electron chi connectivity index (χ2n) is 4.85. The summed E-state index contributed by atoms with van der Waals surface area (Å²) in [6.07, 6.45) is 1.61. The van der Waals surface area contributed by atoms with Crippen molar-refractivity contribution in [3.05, 3.63) is 0 Å². The summed E-state index contributed by atoms with van der Waals surface area (Å²) in [4.78, 5) is 13.6. The molecular formula is C12H27N3O. The molecule has 0 aliphatic heterocycles. The summed E-state index contributed by atoms with van der Waals surface area (Å²) in [5.74, 6) is 1.12. The van der Waals surface area contributed by atoms with Gasteiger partial charge in [-0.2, -0.15) is 0 Å². The minimum Gasteiger partial charge on any atom is -0.344 e. The van der Waals surface area contributed by atoms with Gasteiger partial charge in [-0.1, -0.05) is 13.8 Å². The molecule has 0 aliphatic carbocycles. The molecule has 96 valence electrons. The molecule has 1 atom stereocenters. The number of carbonyl (C=O) groups is 1. The van der Waals surface area contributed by atoms with Gasteiger partial charge in [-0.3, -0.25) is 4.79 Å². The maximum absolute atomic E-state index is 11.8. The zero-order valence-electron chi connectivity index (χ0n) is 11.1.